The van der Waals surface area contributed by atoms with E-state index in [9.17, 15) is 14.9 Å². The summed E-state index contributed by atoms with van der Waals surface area (Å²) in [5, 5.41) is 13.9. The fraction of sp³-hybridized carbons (Fsp3) is 0.588. The molecule has 0 saturated carbocycles. The third kappa shape index (κ3) is 6.85. The van der Waals surface area contributed by atoms with Gasteiger partial charge in [0.15, 0.2) is 12.4 Å². The summed E-state index contributed by atoms with van der Waals surface area (Å²) in [5.41, 5.74) is -0.230. The van der Waals surface area contributed by atoms with Crippen molar-refractivity contribution in [2.24, 2.45) is 5.92 Å². The number of rotatable bonds is 10. The van der Waals surface area contributed by atoms with Crippen LogP contribution >= 0.6 is 0 Å². The molecule has 1 aromatic carbocycles. The summed E-state index contributed by atoms with van der Waals surface area (Å²) in [7, 11) is 1.42. The first-order chi connectivity index (χ1) is 11.3. The summed E-state index contributed by atoms with van der Waals surface area (Å²) in [6.07, 6.45) is 3.06. The van der Waals surface area contributed by atoms with Crippen molar-refractivity contribution in [3.63, 3.8) is 0 Å². The number of nitro groups is 1. The van der Waals surface area contributed by atoms with Crippen LogP contribution in [0.15, 0.2) is 18.2 Å². The lowest BCUT2D eigenvalue weighted by atomic mass is 10.0. The zero-order valence-corrected chi connectivity index (χ0v) is 14.7. The maximum atomic E-state index is 11.9. The second kappa shape index (κ2) is 9.75. The Kier molecular flexibility index (Phi) is 8.01. The Morgan fingerprint density at radius 1 is 1.29 bits per heavy atom. The molecule has 1 N–H and O–H groups in total. The zero-order chi connectivity index (χ0) is 18.1. The Morgan fingerprint density at radius 2 is 2.00 bits per heavy atom. The number of methoxy groups -OCH3 is 1. The van der Waals surface area contributed by atoms with Gasteiger partial charge in [0.2, 0.25) is 0 Å². The van der Waals surface area contributed by atoms with Gasteiger partial charge in [0.05, 0.1) is 18.1 Å². The number of amides is 1. The van der Waals surface area contributed by atoms with E-state index in [0.717, 1.165) is 19.3 Å². The molecule has 134 valence electrons. The van der Waals surface area contributed by atoms with Crippen molar-refractivity contribution in [1.82, 2.24) is 5.32 Å². The molecule has 1 amide bonds. The van der Waals surface area contributed by atoms with Crippen molar-refractivity contribution in [3.05, 3.63) is 28.3 Å². The van der Waals surface area contributed by atoms with Crippen LogP contribution in [-0.2, 0) is 4.79 Å². The van der Waals surface area contributed by atoms with Crippen molar-refractivity contribution >= 4 is 11.6 Å². The highest BCUT2D eigenvalue weighted by atomic mass is 16.6. The molecule has 0 unspecified atom stereocenters. The smallest absolute Gasteiger partial charge is 0.314 e. The maximum absolute atomic E-state index is 11.9. The molecule has 1 atom stereocenters. The average Bonchev–Trinajstić information content (AvgIpc) is 2.52. The van der Waals surface area contributed by atoms with Crippen molar-refractivity contribution in [1.29, 1.82) is 0 Å². The van der Waals surface area contributed by atoms with E-state index in [1.807, 2.05) is 6.92 Å². The van der Waals surface area contributed by atoms with Gasteiger partial charge in [-0.3, -0.25) is 14.9 Å². The van der Waals surface area contributed by atoms with E-state index in [0.29, 0.717) is 11.7 Å². The SMILES string of the molecule is COc1ccc(OCC(=O)N[C@H](C)CCCC(C)C)c([N+](=O)[O-])c1. The van der Waals surface area contributed by atoms with Gasteiger partial charge >= 0.3 is 5.69 Å². The fourth-order valence-electron chi connectivity index (χ4n) is 2.25. The molecule has 0 aromatic heterocycles. The van der Waals surface area contributed by atoms with Crippen LogP contribution in [0.25, 0.3) is 0 Å². The van der Waals surface area contributed by atoms with Gasteiger partial charge in [0.1, 0.15) is 5.75 Å². The first-order valence-corrected chi connectivity index (χ1v) is 8.08. The Hall–Kier alpha value is -2.31. The number of hydrogen-bond donors (Lipinski definition) is 1. The van der Waals surface area contributed by atoms with Crippen LogP contribution in [0.1, 0.15) is 40.0 Å². The van der Waals surface area contributed by atoms with E-state index in [1.165, 1.54) is 19.2 Å². The lowest BCUT2D eigenvalue weighted by Gasteiger charge is -2.15. The minimum Gasteiger partial charge on any atom is -0.496 e. The lowest BCUT2D eigenvalue weighted by Crippen LogP contribution is -2.36. The zero-order valence-electron chi connectivity index (χ0n) is 14.7. The maximum Gasteiger partial charge on any atom is 0.314 e. The highest BCUT2D eigenvalue weighted by Gasteiger charge is 2.18. The van der Waals surface area contributed by atoms with E-state index in [-0.39, 0.29) is 30.0 Å². The molecule has 0 fully saturated rings. The summed E-state index contributed by atoms with van der Waals surface area (Å²) in [5.74, 6) is 0.754. The summed E-state index contributed by atoms with van der Waals surface area (Å²) in [6, 6.07) is 4.29. The molecule has 0 bridgehead atoms. The van der Waals surface area contributed by atoms with E-state index in [4.69, 9.17) is 9.47 Å². The number of nitro benzene ring substituents is 1. The Morgan fingerprint density at radius 3 is 2.58 bits per heavy atom. The van der Waals surface area contributed by atoms with Crippen molar-refractivity contribution in [2.45, 2.75) is 46.1 Å². The predicted octanol–water partition coefficient (Wildman–Crippen LogP) is 3.31. The first kappa shape index (κ1) is 19.7. The van der Waals surface area contributed by atoms with E-state index < -0.39 is 4.92 Å². The number of nitrogens with zero attached hydrogens (tertiary/aromatic N) is 1. The minimum absolute atomic E-state index is 0.0448. The second-order valence-electron chi connectivity index (χ2n) is 6.17. The molecule has 0 aliphatic carbocycles. The van der Waals surface area contributed by atoms with Gasteiger partial charge in [-0.2, -0.15) is 0 Å². The van der Waals surface area contributed by atoms with Gasteiger partial charge in [0.25, 0.3) is 5.91 Å². The highest BCUT2D eigenvalue weighted by molar-refractivity contribution is 5.78. The van der Waals surface area contributed by atoms with Gasteiger partial charge in [-0.15, -0.1) is 0 Å². The van der Waals surface area contributed by atoms with Crippen LogP contribution in [0, 0.1) is 16.0 Å². The molecule has 0 spiro atoms. The van der Waals surface area contributed by atoms with Crippen LogP contribution in [0.2, 0.25) is 0 Å². The molecule has 0 saturated heterocycles. The Balaban J connectivity index is 2.50. The van der Waals surface area contributed by atoms with Crippen LogP contribution in [0.3, 0.4) is 0 Å². The monoisotopic (exact) mass is 338 g/mol. The molecule has 0 aliphatic heterocycles. The average molecular weight is 338 g/mol. The summed E-state index contributed by atoms with van der Waals surface area (Å²) >= 11 is 0. The van der Waals surface area contributed by atoms with Crippen LogP contribution in [0.5, 0.6) is 11.5 Å². The van der Waals surface area contributed by atoms with Gasteiger partial charge < -0.3 is 14.8 Å². The molecule has 0 heterocycles. The van der Waals surface area contributed by atoms with Gasteiger partial charge in [-0.1, -0.05) is 26.7 Å². The number of ether oxygens (including phenoxy) is 2. The topological polar surface area (TPSA) is 90.7 Å². The molecule has 0 aliphatic rings. The van der Waals surface area contributed by atoms with Crippen molar-refractivity contribution in [2.75, 3.05) is 13.7 Å². The van der Waals surface area contributed by atoms with E-state index in [1.54, 1.807) is 6.07 Å². The standard InChI is InChI=1S/C17H26N2O5/c1-12(2)6-5-7-13(3)18-17(20)11-24-16-9-8-14(23-4)10-15(16)19(21)22/h8-10,12-13H,5-7,11H2,1-4H3,(H,18,20)/t13-/m1/s1. The van der Waals surface area contributed by atoms with Crippen LogP contribution < -0.4 is 14.8 Å². The predicted molar refractivity (Wildman–Crippen MR) is 91.4 cm³/mol. The lowest BCUT2D eigenvalue weighted by molar-refractivity contribution is -0.385. The number of carbonyl (C=O) groups excluding carboxylic acids is 1. The van der Waals surface area contributed by atoms with Crippen LogP contribution in [-0.4, -0.2) is 30.6 Å². The number of nitrogens with one attached hydrogen (secondary N) is 1. The molecule has 0 radical (unpaired) electrons. The summed E-state index contributed by atoms with van der Waals surface area (Å²) < 4.78 is 10.2. The molecule has 1 aromatic rings. The second-order valence-corrected chi connectivity index (χ2v) is 6.17. The molecule has 1 rings (SSSR count). The quantitative estimate of drug-likeness (QED) is 0.522. The third-order valence-corrected chi connectivity index (χ3v) is 3.55. The van der Waals surface area contributed by atoms with Crippen LogP contribution in [0.4, 0.5) is 5.69 Å². The molecule has 7 heteroatoms. The fourth-order valence-corrected chi connectivity index (χ4v) is 2.25. The number of benzene rings is 1. The molecular formula is C17H26N2O5. The Bertz CT molecular complexity index is 560. The first-order valence-electron chi connectivity index (χ1n) is 8.08. The summed E-state index contributed by atoms with van der Waals surface area (Å²) in [4.78, 5) is 22.4. The number of carbonyl (C=O) groups is 1. The molecule has 24 heavy (non-hydrogen) atoms. The molecular weight excluding hydrogens is 312 g/mol. The van der Waals surface area contributed by atoms with Crippen molar-refractivity contribution in [3.8, 4) is 11.5 Å². The largest absolute Gasteiger partial charge is 0.496 e. The third-order valence-electron chi connectivity index (χ3n) is 3.55. The normalized spacial score (nSPS) is 11.9. The van der Waals surface area contributed by atoms with Crippen molar-refractivity contribution < 1.29 is 19.2 Å². The number of hydrogen-bond acceptors (Lipinski definition) is 5. The highest BCUT2D eigenvalue weighted by Crippen LogP contribution is 2.30. The van der Waals surface area contributed by atoms with Gasteiger partial charge in [-0.25, -0.2) is 0 Å². The molecule has 7 nitrogen and oxygen atoms in total. The van der Waals surface area contributed by atoms with Gasteiger partial charge in [-0.05, 0) is 31.4 Å². The minimum atomic E-state index is -0.565. The van der Waals surface area contributed by atoms with Gasteiger partial charge in [0, 0.05) is 6.04 Å². The summed E-state index contributed by atoms with van der Waals surface area (Å²) in [6.45, 7) is 6.01. The van der Waals surface area contributed by atoms with E-state index in [2.05, 4.69) is 19.2 Å². The Labute approximate surface area is 142 Å². The van der Waals surface area contributed by atoms with E-state index >= 15 is 0 Å².